The van der Waals surface area contributed by atoms with Crippen LogP contribution in [0, 0.1) is 5.92 Å². The lowest BCUT2D eigenvalue weighted by Crippen LogP contribution is -2.26. The van der Waals surface area contributed by atoms with Crippen LogP contribution in [-0.4, -0.2) is 17.3 Å². The summed E-state index contributed by atoms with van der Waals surface area (Å²) in [6.45, 7) is 1.82. The standard InChI is InChI=1S/C19H20F3NO3S/c1-11(13-5-3-2-4-6-13)26-15-8-7-12(9-14(15)19(20,21)22)10-16-17(24)23-18(25)27-16/h7-11,13H,2-6H2,1H3,(H,23,24,25). The van der Waals surface area contributed by atoms with Gasteiger partial charge in [-0.1, -0.05) is 25.3 Å². The Kier molecular flexibility index (Phi) is 5.83. The van der Waals surface area contributed by atoms with Gasteiger partial charge < -0.3 is 4.74 Å². The van der Waals surface area contributed by atoms with E-state index in [1.54, 1.807) is 0 Å². The number of halogens is 3. The average molecular weight is 399 g/mol. The minimum atomic E-state index is -4.59. The zero-order valence-corrected chi connectivity index (χ0v) is 15.6. The minimum Gasteiger partial charge on any atom is -0.490 e. The number of imide groups is 1. The maximum Gasteiger partial charge on any atom is 0.419 e. The van der Waals surface area contributed by atoms with Crippen LogP contribution >= 0.6 is 11.8 Å². The number of benzene rings is 1. The van der Waals surface area contributed by atoms with E-state index in [1.807, 2.05) is 6.92 Å². The van der Waals surface area contributed by atoms with E-state index in [9.17, 15) is 22.8 Å². The van der Waals surface area contributed by atoms with E-state index < -0.39 is 22.9 Å². The number of alkyl halides is 3. The second-order valence-electron chi connectivity index (χ2n) is 6.83. The van der Waals surface area contributed by atoms with Crippen LogP contribution in [0.4, 0.5) is 18.0 Å². The Morgan fingerprint density at radius 2 is 1.93 bits per heavy atom. The van der Waals surface area contributed by atoms with Gasteiger partial charge in [0.05, 0.1) is 16.6 Å². The largest absolute Gasteiger partial charge is 0.490 e. The highest BCUT2D eigenvalue weighted by molar-refractivity contribution is 8.18. The quantitative estimate of drug-likeness (QED) is 0.691. The van der Waals surface area contributed by atoms with Crippen LogP contribution in [0.3, 0.4) is 0 Å². The van der Waals surface area contributed by atoms with E-state index in [0.717, 1.165) is 38.2 Å². The van der Waals surface area contributed by atoms with Crippen molar-refractivity contribution in [2.45, 2.75) is 51.3 Å². The minimum absolute atomic E-state index is 0.0670. The van der Waals surface area contributed by atoms with Crippen LogP contribution in [-0.2, 0) is 11.0 Å². The highest BCUT2D eigenvalue weighted by Gasteiger charge is 2.36. The zero-order chi connectivity index (χ0) is 19.6. The first-order valence-corrected chi connectivity index (χ1v) is 9.68. The van der Waals surface area contributed by atoms with Crippen molar-refractivity contribution >= 4 is 29.0 Å². The summed E-state index contributed by atoms with van der Waals surface area (Å²) in [6.07, 6.45) is 1.63. The van der Waals surface area contributed by atoms with Crippen LogP contribution in [0.25, 0.3) is 6.08 Å². The normalized spacial score (nSPS) is 21.4. The predicted molar refractivity (Wildman–Crippen MR) is 97.2 cm³/mol. The third-order valence-corrected chi connectivity index (χ3v) is 5.69. The molecule has 1 aromatic rings. The lowest BCUT2D eigenvalue weighted by atomic mass is 9.86. The molecule has 1 aliphatic carbocycles. The molecule has 1 aromatic carbocycles. The Hall–Kier alpha value is -1.96. The Morgan fingerprint density at radius 3 is 2.52 bits per heavy atom. The first kappa shape index (κ1) is 19.8. The number of nitrogens with one attached hydrogen (secondary N) is 1. The summed E-state index contributed by atoms with van der Waals surface area (Å²) in [6, 6.07) is 3.70. The molecule has 2 aliphatic rings. The SMILES string of the molecule is CC(Oc1ccc(C=C2SC(=O)NC2=O)cc1C(F)(F)F)C1CCCCC1. The molecule has 4 nitrogen and oxygen atoms in total. The Morgan fingerprint density at radius 1 is 1.22 bits per heavy atom. The van der Waals surface area contributed by atoms with Crippen molar-refractivity contribution < 1.29 is 27.5 Å². The van der Waals surface area contributed by atoms with Gasteiger partial charge in [-0.05, 0) is 61.2 Å². The van der Waals surface area contributed by atoms with E-state index >= 15 is 0 Å². The highest BCUT2D eigenvalue weighted by atomic mass is 32.2. The number of hydrogen-bond acceptors (Lipinski definition) is 4. The van der Waals surface area contributed by atoms with Crippen LogP contribution in [0.5, 0.6) is 5.75 Å². The molecule has 2 fully saturated rings. The molecule has 1 heterocycles. The molecule has 0 spiro atoms. The number of carbonyl (C=O) groups is 2. The van der Waals surface area contributed by atoms with Gasteiger partial charge in [0.15, 0.2) is 0 Å². The summed E-state index contributed by atoms with van der Waals surface area (Å²) in [5.41, 5.74) is -0.693. The number of amides is 2. The van der Waals surface area contributed by atoms with Crippen molar-refractivity contribution in [1.82, 2.24) is 5.32 Å². The van der Waals surface area contributed by atoms with Crippen molar-refractivity contribution in [2.75, 3.05) is 0 Å². The summed E-state index contributed by atoms with van der Waals surface area (Å²) in [5.74, 6) is -0.557. The first-order valence-electron chi connectivity index (χ1n) is 8.87. The summed E-state index contributed by atoms with van der Waals surface area (Å²) >= 11 is 0.665. The molecule has 8 heteroatoms. The fourth-order valence-corrected chi connectivity index (χ4v) is 4.12. The molecule has 146 valence electrons. The fraction of sp³-hybridized carbons (Fsp3) is 0.474. The molecule has 1 unspecified atom stereocenters. The van der Waals surface area contributed by atoms with Gasteiger partial charge in [-0.25, -0.2) is 0 Å². The third-order valence-electron chi connectivity index (χ3n) is 4.88. The summed E-state index contributed by atoms with van der Waals surface area (Å²) in [5, 5.41) is 1.54. The number of rotatable bonds is 4. The molecule has 0 bridgehead atoms. The van der Waals surface area contributed by atoms with Gasteiger partial charge in [0.25, 0.3) is 11.1 Å². The van der Waals surface area contributed by atoms with Crippen molar-refractivity contribution in [3.63, 3.8) is 0 Å². The van der Waals surface area contributed by atoms with Crippen molar-refractivity contribution in [3.8, 4) is 5.75 Å². The Bertz CT molecular complexity index is 770. The van der Waals surface area contributed by atoms with Gasteiger partial charge >= 0.3 is 6.18 Å². The van der Waals surface area contributed by atoms with Gasteiger partial charge in [-0.3, -0.25) is 14.9 Å². The summed E-state index contributed by atoms with van der Waals surface area (Å²) in [7, 11) is 0. The van der Waals surface area contributed by atoms with Gasteiger partial charge in [0.1, 0.15) is 5.75 Å². The summed E-state index contributed by atoms with van der Waals surface area (Å²) < 4.78 is 46.3. The lowest BCUT2D eigenvalue weighted by Gasteiger charge is -2.29. The van der Waals surface area contributed by atoms with E-state index in [4.69, 9.17) is 4.74 Å². The second-order valence-corrected chi connectivity index (χ2v) is 7.84. The second kappa shape index (κ2) is 7.96. The molecule has 0 radical (unpaired) electrons. The smallest absolute Gasteiger partial charge is 0.419 e. The van der Waals surface area contributed by atoms with E-state index in [-0.39, 0.29) is 28.2 Å². The van der Waals surface area contributed by atoms with Gasteiger partial charge in [0.2, 0.25) is 0 Å². The maximum atomic E-state index is 13.5. The zero-order valence-electron chi connectivity index (χ0n) is 14.8. The van der Waals surface area contributed by atoms with Crippen LogP contribution < -0.4 is 10.1 Å². The topological polar surface area (TPSA) is 55.4 Å². The molecule has 0 aromatic heterocycles. The third kappa shape index (κ3) is 4.86. The van der Waals surface area contributed by atoms with Gasteiger partial charge in [-0.15, -0.1) is 0 Å². The fourth-order valence-electron chi connectivity index (χ4n) is 3.43. The number of hydrogen-bond donors (Lipinski definition) is 1. The molecule has 2 amide bonds. The van der Waals surface area contributed by atoms with Crippen molar-refractivity contribution in [2.24, 2.45) is 5.92 Å². The molecule has 1 saturated heterocycles. The van der Waals surface area contributed by atoms with Crippen molar-refractivity contribution in [3.05, 3.63) is 34.2 Å². The molecule has 3 rings (SSSR count). The number of ether oxygens (including phenoxy) is 1. The van der Waals surface area contributed by atoms with Gasteiger partial charge in [0, 0.05) is 0 Å². The van der Waals surface area contributed by atoms with E-state index in [2.05, 4.69) is 5.32 Å². The molecular formula is C19H20F3NO3S. The molecule has 1 aliphatic heterocycles. The van der Waals surface area contributed by atoms with Gasteiger partial charge in [-0.2, -0.15) is 13.2 Å². The Balaban J connectivity index is 1.85. The van der Waals surface area contributed by atoms with E-state index in [1.165, 1.54) is 18.2 Å². The average Bonchev–Trinajstić information content (AvgIpc) is 2.93. The molecule has 1 atom stereocenters. The molecular weight excluding hydrogens is 379 g/mol. The van der Waals surface area contributed by atoms with Crippen LogP contribution in [0.2, 0.25) is 0 Å². The van der Waals surface area contributed by atoms with Crippen molar-refractivity contribution in [1.29, 1.82) is 0 Å². The number of carbonyl (C=O) groups excluding carboxylic acids is 2. The first-order chi connectivity index (χ1) is 12.7. The number of thioether (sulfide) groups is 1. The lowest BCUT2D eigenvalue weighted by molar-refractivity contribution is -0.139. The molecule has 27 heavy (non-hydrogen) atoms. The predicted octanol–water partition coefficient (Wildman–Crippen LogP) is 5.38. The van der Waals surface area contributed by atoms with E-state index in [0.29, 0.717) is 11.8 Å². The molecule has 1 N–H and O–H groups in total. The monoisotopic (exact) mass is 399 g/mol. The van der Waals surface area contributed by atoms with Crippen LogP contribution in [0.1, 0.15) is 50.2 Å². The summed E-state index contributed by atoms with van der Waals surface area (Å²) in [4.78, 5) is 22.9. The highest BCUT2D eigenvalue weighted by Crippen LogP contribution is 2.39. The maximum absolute atomic E-state index is 13.5. The van der Waals surface area contributed by atoms with Crippen LogP contribution in [0.15, 0.2) is 23.1 Å². The Labute approximate surface area is 159 Å². The molecule has 1 saturated carbocycles.